The van der Waals surface area contributed by atoms with Crippen molar-refractivity contribution in [1.29, 1.82) is 0 Å². The average Bonchev–Trinajstić information content (AvgIpc) is 2.96. The van der Waals surface area contributed by atoms with E-state index >= 15 is 0 Å². The van der Waals surface area contributed by atoms with Crippen LogP contribution in [-0.4, -0.2) is 27.1 Å². The molecule has 1 fully saturated rings. The van der Waals surface area contributed by atoms with Gasteiger partial charge in [-0.05, 0) is 44.6 Å². The zero-order valence-corrected chi connectivity index (χ0v) is 14.8. The molecule has 0 atom stereocenters. The van der Waals surface area contributed by atoms with Crippen molar-refractivity contribution in [3.05, 3.63) is 37.0 Å². The first-order chi connectivity index (χ1) is 11.1. The van der Waals surface area contributed by atoms with Gasteiger partial charge in [-0.2, -0.15) is 4.98 Å². The lowest BCUT2D eigenvalue weighted by atomic mass is 9.81. The fraction of sp³-hybridized carbons (Fsp3) is 0.684. The van der Waals surface area contributed by atoms with Crippen LogP contribution in [0.25, 0.3) is 0 Å². The molecule has 0 saturated carbocycles. The zero-order chi connectivity index (χ0) is 16.7. The van der Waals surface area contributed by atoms with E-state index in [1.54, 1.807) is 0 Å². The van der Waals surface area contributed by atoms with E-state index in [0.29, 0.717) is 5.92 Å². The van der Waals surface area contributed by atoms with Crippen LogP contribution >= 0.6 is 0 Å². The fourth-order valence-corrected chi connectivity index (χ4v) is 3.52. The predicted octanol–water partition coefficient (Wildman–Crippen LogP) is 4.54. The van der Waals surface area contributed by atoms with E-state index in [2.05, 4.69) is 42.0 Å². The summed E-state index contributed by atoms with van der Waals surface area (Å²) in [5, 5.41) is 4.14. The minimum atomic E-state index is 0.119. The molecule has 0 amide bonds. The van der Waals surface area contributed by atoms with Gasteiger partial charge in [-0.1, -0.05) is 37.6 Å². The molecule has 2 heterocycles. The van der Waals surface area contributed by atoms with Gasteiger partial charge in [-0.3, -0.25) is 4.90 Å². The molecule has 23 heavy (non-hydrogen) atoms. The fourth-order valence-electron chi connectivity index (χ4n) is 3.52. The highest BCUT2D eigenvalue weighted by Gasteiger charge is 2.37. The van der Waals surface area contributed by atoms with Crippen molar-refractivity contribution < 1.29 is 4.52 Å². The third kappa shape index (κ3) is 4.77. The first-order valence-electron chi connectivity index (χ1n) is 8.88. The van der Waals surface area contributed by atoms with Gasteiger partial charge in [-0.15, -0.1) is 13.2 Å². The number of hydrogen-bond donors (Lipinski definition) is 0. The number of aromatic nitrogens is 2. The van der Waals surface area contributed by atoms with E-state index in [1.165, 1.54) is 19.3 Å². The second kappa shape index (κ2) is 8.44. The van der Waals surface area contributed by atoms with Crippen molar-refractivity contribution >= 4 is 0 Å². The summed E-state index contributed by atoms with van der Waals surface area (Å²) in [6, 6.07) is 0. The molecule has 0 N–H and O–H groups in total. The van der Waals surface area contributed by atoms with Crippen LogP contribution < -0.4 is 0 Å². The number of hydrogen-bond acceptors (Lipinski definition) is 4. The largest absolute Gasteiger partial charge is 0.338 e. The summed E-state index contributed by atoms with van der Waals surface area (Å²) in [6.07, 6.45) is 11.7. The lowest BCUT2D eigenvalue weighted by molar-refractivity contribution is 0.0337. The standard InChI is InChI=1S/C19H31N3O/c1-5-11-19(12-6-2)13-7-8-14-22(19)15-18-20-17(21-23-18)10-9-16(3)4/h5-6,16H,1-2,7-15H2,3-4H3. The summed E-state index contributed by atoms with van der Waals surface area (Å²) in [7, 11) is 0. The lowest BCUT2D eigenvalue weighted by Gasteiger charge is -2.46. The highest BCUT2D eigenvalue weighted by molar-refractivity contribution is 5.03. The first-order valence-corrected chi connectivity index (χ1v) is 8.88. The Morgan fingerprint density at radius 2 is 2.00 bits per heavy atom. The molecule has 0 bridgehead atoms. The summed E-state index contributed by atoms with van der Waals surface area (Å²) in [5.41, 5.74) is 0.119. The van der Waals surface area contributed by atoms with E-state index in [4.69, 9.17) is 4.52 Å². The molecule has 0 spiro atoms. The maximum atomic E-state index is 5.49. The van der Waals surface area contributed by atoms with Crippen LogP contribution in [0.5, 0.6) is 0 Å². The molecule has 1 saturated heterocycles. The first kappa shape index (κ1) is 17.9. The van der Waals surface area contributed by atoms with Crippen molar-refractivity contribution in [2.24, 2.45) is 5.92 Å². The van der Waals surface area contributed by atoms with E-state index in [9.17, 15) is 0 Å². The Bertz CT molecular complexity index is 496. The zero-order valence-electron chi connectivity index (χ0n) is 14.8. The third-order valence-corrected chi connectivity index (χ3v) is 4.82. The van der Waals surface area contributed by atoms with Crippen molar-refractivity contribution in [2.75, 3.05) is 6.54 Å². The smallest absolute Gasteiger partial charge is 0.240 e. The normalized spacial score (nSPS) is 18.2. The Balaban J connectivity index is 2.06. The Morgan fingerprint density at radius 1 is 1.26 bits per heavy atom. The molecule has 128 valence electrons. The Morgan fingerprint density at radius 3 is 2.65 bits per heavy atom. The molecular formula is C19H31N3O. The van der Waals surface area contributed by atoms with Crippen LogP contribution in [-0.2, 0) is 13.0 Å². The molecule has 1 aliphatic rings. The van der Waals surface area contributed by atoms with Gasteiger partial charge in [0.15, 0.2) is 5.82 Å². The number of aryl methyl sites for hydroxylation is 1. The summed E-state index contributed by atoms with van der Waals surface area (Å²) < 4.78 is 5.49. The SMILES string of the molecule is C=CCC1(CC=C)CCCCN1Cc1nc(CCC(C)C)no1. The van der Waals surface area contributed by atoms with Gasteiger partial charge < -0.3 is 4.52 Å². The van der Waals surface area contributed by atoms with E-state index in [0.717, 1.165) is 50.5 Å². The van der Waals surface area contributed by atoms with Gasteiger partial charge in [0.25, 0.3) is 0 Å². The topological polar surface area (TPSA) is 42.2 Å². The predicted molar refractivity (Wildman–Crippen MR) is 94.1 cm³/mol. The van der Waals surface area contributed by atoms with Gasteiger partial charge in [0.2, 0.25) is 5.89 Å². The highest BCUT2D eigenvalue weighted by Crippen LogP contribution is 2.36. The number of rotatable bonds is 9. The lowest BCUT2D eigenvalue weighted by Crippen LogP contribution is -2.50. The van der Waals surface area contributed by atoms with Crippen molar-refractivity contribution in [3.63, 3.8) is 0 Å². The molecule has 0 radical (unpaired) electrons. The summed E-state index contributed by atoms with van der Waals surface area (Å²) in [6.45, 7) is 14.2. The van der Waals surface area contributed by atoms with Gasteiger partial charge in [0.1, 0.15) is 0 Å². The van der Waals surface area contributed by atoms with Crippen LogP contribution in [0.15, 0.2) is 29.8 Å². The van der Waals surface area contributed by atoms with Crippen LogP contribution in [0, 0.1) is 5.92 Å². The van der Waals surface area contributed by atoms with Crippen LogP contribution in [0.4, 0.5) is 0 Å². The summed E-state index contributed by atoms with van der Waals surface area (Å²) in [5.74, 6) is 2.23. The molecule has 4 nitrogen and oxygen atoms in total. The Hall–Kier alpha value is -1.42. The highest BCUT2D eigenvalue weighted by atomic mass is 16.5. The van der Waals surface area contributed by atoms with Crippen LogP contribution in [0.1, 0.15) is 64.1 Å². The van der Waals surface area contributed by atoms with Crippen molar-refractivity contribution in [1.82, 2.24) is 15.0 Å². The molecular weight excluding hydrogens is 286 g/mol. The minimum absolute atomic E-state index is 0.119. The quantitative estimate of drug-likeness (QED) is 0.627. The van der Waals surface area contributed by atoms with Gasteiger partial charge in [0.05, 0.1) is 6.54 Å². The second-order valence-corrected chi connectivity index (χ2v) is 7.13. The van der Waals surface area contributed by atoms with Gasteiger partial charge in [-0.25, -0.2) is 0 Å². The van der Waals surface area contributed by atoms with Gasteiger partial charge >= 0.3 is 0 Å². The second-order valence-electron chi connectivity index (χ2n) is 7.13. The monoisotopic (exact) mass is 317 g/mol. The summed E-state index contributed by atoms with van der Waals surface area (Å²) >= 11 is 0. The Kier molecular flexibility index (Phi) is 6.58. The maximum Gasteiger partial charge on any atom is 0.240 e. The maximum absolute atomic E-state index is 5.49. The van der Waals surface area contributed by atoms with Gasteiger partial charge in [0, 0.05) is 12.0 Å². The number of nitrogens with zero attached hydrogens (tertiary/aromatic N) is 3. The third-order valence-electron chi connectivity index (χ3n) is 4.82. The Labute approximate surface area is 140 Å². The number of likely N-dealkylation sites (tertiary alicyclic amines) is 1. The van der Waals surface area contributed by atoms with Crippen molar-refractivity contribution in [2.45, 2.75) is 70.9 Å². The molecule has 0 unspecified atom stereocenters. The number of piperidine rings is 1. The van der Waals surface area contributed by atoms with E-state index in [-0.39, 0.29) is 5.54 Å². The summed E-state index contributed by atoms with van der Waals surface area (Å²) in [4.78, 5) is 7.09. The van der Waals surface area contributed by atoms with E-state index < -0.39 is 0 Å². The molecule has 4 heteroatoms. The molecule has 0 aliphatic carbocycles. The van der Waals surface area contributed by atoms with Crippen LogP contribution in [0.2, 0.25) is 0 Å². The molecule has 1 aromatic heterocycles. The van der Waals surface area contributed by atoms with Crippen LogP contribution in [0.3, 0.4) is 0 Å². The molecule has 1 aromatic rings. The minimum Gasteiger partial charge on any atom is -0.338 e. The molecule has 2 rings (SSSR count). The van der Waals surface area contributed by atoms with E-state index in [1.807, 2.05) is 12.2 Å². The average molecular weight is 317 g/mol. The molecule has 0 aromatic carbocycles. The molecule has 1 aliphatic heterocycles. The van der Waals surface area contributed by atoms with Crippen molar-refractivity contribution in [3.8, 4) is 0 Å².